The number of benzene rings is 2. The van der Waals surface area contributed by atoms with Gasteiger partial charge < -0.3 is 5.32 Å². The van der Waals surface area contributed by atoms with Crippen molar-refractivity contribution >= 4 is 0 Å². The lowest BCUT2D eigenvalue weighted by molar-refractivity contribution is 0.484. The minimum absolute atomic E-state index is 0.118. The summed E-state index contributed by atoms with van der Waals surface area (Å²) in [5, 5.41) is 2.87. The summed E-state index contributed by atoms with van der Waals surface area (Å²) in [7, 11) is 0. The Kier molecular flexibility index (Phi) is 4.96. The second kappa shape index (κ2) is 6.72. The molecular formula is C16H15F4N. The van der Waals surface area contributed by atoms with Crippen LogP contribution in [0.4, 0.5) is 17.6 Å². The van der Waals surface area contributed by atoms with Crippen molar-refractivity contribution in [3.05, 3.63) is 70.8 Å². The summed E-state index contributed by atoms with van der Waals surface area (Å²) >= 11 is 0. The molecule has 2 rings (SSSR count). The Balaban J connectivity index is 2.55. The molecule has 0 aliphatic heterocycles. The van der Waals surface area contributed by atoms with Crippen molar-refractivity contribution in [2.75, 3.05) is 6.54 Å². The van der Waals surface area contributed by atoms with Crippen molar-refractivity contribution in [3.63, 3.8) is 0 Å². The van der Waals surface area contributed by atoms with Crippen LogP contribution in [0, 0.1) is 23.3 Å². The van der Waals surface area contributed by atoms with Crippen molar-refractivity contribution in [1.82, 2.24) is 5.32 Å². The molecule has 2 aromatic carbocycles. The molecule has 0 radical (unpaired) electrons. The zero-order valence-corrected chi connectivity index (χ0v) is 11.5. The van der Waals surface area contributed by atoms with E-state index in [1.807, 2.05) is 6.92 Å². The highest BCUT2D eigenvalue weighted by Crippen LogP contribution is 2.29. The third-order valence-corrected chi connectivity index (χ3v) is 3.16. The molecule has 2 aromatic rings. The van der Waals surface area contributed by atoms with Crippen molar-refractivity contribution in [2.45, 2.75) is 19.4 Å². The molecular weight excluding hydrogens is 282 g/mol. The molecule has 0 amide bonds. The Bertz CT molecular complexity index is 607. The maximum Gasteiger partial charge on any atom is 0.131 e. The van der Waals surface area contributed by atoms with E-state index in [0.717, 1.165) is 30.3 Å². The first-order chi connectivity index (χ1) is 10.0. The maximum absolute atomic E-state index is 13.9. The predicted octanol–water partition coefficient (Wildman–Crippen LogP) is 4.33. The lowest BCUT2D eigenvalue weighted by Gasteiger charge is -2.21. The van der Waals surface area contributed by atoms with Crippen LogP contribution in [-0.2, 0) is 0 Å². The fourth-order valence-corrected chi connectivity index (χ4v) is 2.18. The predicted molar refractivity (Wildman–Crippen MR) is 72.9 cm³/mol. The largest absolute Gasteiger partial charge is 0.306 e. The zero-order valence-electron chi connectivity index (χ0n) is 11.5. The normalized spacial score (nSPS) is 12.4. The van der Waals surface area contributed by atoms with Gasteiger partial charge in [0, 0.05) is 11.1 Å². The topological polar surface area (TPSA) is 12.0 Å². The van der Waals surface area contributed by atoms with E-state index in [1.54, 1.807) is 0 Å². The average molecular weight is 297 g/mol. The fourth-order valence-electron chi connectivity index (χ4n) is 2.18. The van der Waals surface area contributed by atoms with E-state index in [-0.39, 0.29) is 11.1 Å². The SMILES string of the molecule is CCCNC(c1cc(F)ccc1F)c1c(F)cccc1F. The highest BCUT2D eigenvalue weighted by Gasteiger charge is 2.24. The summed E-state index contributed by atoms with van der Waals surface area (Å²) < 4.78 is 55.2. The lowest BCUT2D eigenvalue weighted by Crippen LogP contribution is -2.26. The van der Waals surface area contributed by atoms with Crippen LogP contribution < -0.4 is 5.32 Å². The van der Waals surface area contributed by atoms with E-state index >= 15 is 0 Å². The molecule has 0 saturated heterocycles. The highest BCUT2D eigenvalue weighted by molar-refractivity contribution is 5.35. The first kappa shape index (κ1) is 15.5. The van der Waals surface area contributed by atoms with Crippen LogP contribution >= 0.6 is 0 Å². The fraction of sp³-hybridized carbons (Fsp3) is 0.250. The molecule has 5 heteroatoms. The molecule has 0 saturated carbocycles. The summed E-state index contributed by atoms with van der Waals surface area (Å²) in [4.78, 5) is 0. The maximum atomic E-state index is 13.9. The smallest absolute Gasteiger partial charge is 0.131 e. The Morgan fingerprint density at radius 3 is 2.24 bits per heavy atom. The number of hydrogen-bond acceptors (Lipinski definition) is 1. The Hall–Kier alpha value is -1.88. The van der Waals surface area contributed by atoms with E-state index in [0.29, 0.717) is 13.0 Å². The van der Waals surface area contributed by atoms with Crippen molar-refractivity contribution < 1.29 is 17.6 Å². The van der Waals surface area contributed by atoms with E-state index in [1.165, 1.54) is 6.07 Å². The molecule has 1 atom stereocenters. The van der Waals surface area contributed by atoms with E-state index < -0.39 is 29.3 Å². The third kappa shape index (κ3) is 3.42. The van der Waals surface area contributed by atoms with Crippen LogP contribution in [0.25, 0.3) is 0 Å². The molecule has 0 spiro atoms. The van der Waals surface area contributed by atoms with E-state index in [4.69, 9.17) is 0 Å². The van der Waals surface area contributed by atoms with Gasteiger partial charge in [0.25, 0.3) is 0 Å². The van der Waals surface area contributed by atoms with Gasteiger partial charge in [0.15, 0.2) is 0 Å². The second-order valence-electron chi connectivity index (χ2n) is 4.69. The molecule has 0 fully saturated rings. The lowest BCUT2D eigenvalue weighted by atomic mass is 9.96. The van der Waals surface area contributed by atoms with Gasteiger partial charge in [0.05, 0.1) is 6.04 Å². The van der Waals surface area contributed by atoms with Gasteiger partial charge in [0.2, 0.25) is 0 Å². The van der Waals surface area contributed by atoms with Gasteiger partial charge in [0.1, 0.15) is 23.3 Å². The number of halogens is 4. The zero-order chi connectivity index (χ0) is 15.4. The molecule has 0 bridgehead atoms. The molecule has 0 heterocycles. The summed E-state index contributed by atoms with van der Waals surface area (Å²) in [6, 6.07) is 5.20. The van der Waals surface area contributed by atoms with E-state index in [2.05, 4.69) is 5.32 Å². The molecule has 1 N–H and O–H groups in total. The number of rotatable bonds is 5. The van der Waals surface area contributed by atoms with Gasteiger partial charge in [-0.1, -0.05) is 13.0 Å². The van der Waals surface area contributed by atoms with Crippen LogP contribution in [0.5, 0.6) is 0 Å². The van der Waals surface area contributed by atoms with Gasteiger partial charge in [-0.05, 0) is 43.3 Å². The van der Waals surface area contributed by atoms with Crippen molar-refractivity contribution in [3.8, 4) is 0 Å². The minimum Gasteiger partial charge on any atom is -0.306 e. The first-order valence-corrected chi connectivity index (χ1v) is 6.66. The van der Waals surface area contributed by atoms with Gasteiger partial charge in [-0.2, -0.15) is 0 Å². The van der Waals surface area contributed by atoms with Gasteiger partial charge in [-0.15, -0.1) is 0 Å². The molecule has 0 aliphatic rings. The van der Waals surface area contributed by atoms with Gasteiger partial charge in [-0.3, -0.25) is 0 Å². The molecule has 112 valence electrons. The van der Waals surface area contributed by atoms with E-state index in [9.17, 15) is 17.6 Å². The molecule has 21 heavy (non-hydrogen) atoms. The number of nitrogens with one attached hydrogen (secondary N) is 1. The number of hydrogen-bond donors (Lipinski definition) is 1. The summed E-state index contributed by atoms with van der Waals surface area (Å²) in [6.07, 6.45) is 0.684. The molecule has 1 unspecified atom stereocenters. The first-order valence-electron chi connectivity index (χ1n) is 6.66. The Morgan fingerprint density at radius 1 is 0.952 bits per heavy atom. The highest BCUT2D eigenvalue weighted by atomic mass is 19.1. The van der Waals surface area contributed by atoms with Crippen LogP contribution in [0.2, 0.25) is 0 Å². The quantitative estimate of drug-likeness (QED) is 0.810. The van der Waals surface area contributed by atoms with Gasteiger partial charge >= 0.3 is 0 Å². The Labute approximate surface area is 120 Å². The van der Waals surface area contributed by atoms with Crippen LogP contribution in [0.15, 0.2) is 36.4 Å². The summed E-state index contributed by atoms with van der Waals surface area (Å²) in [6.45, 7) is 2.28. The minimum atomic E-state index is -1.08. The van der Waals surface area contributed by atoms with Crippen LogP contribution in [0.3, 0.4) is 0 Å². The molecule has 1 nitrogen and oxygen atoms in total. The summed E-state index contributed by atoms with van der Waals surface area (Å²) in [5.41, 5.74) is -0.428. The van der Waals surface area contributed by atoms with Crippen molar-refractivity contribution in [2.24, 2.45) is 0 Å². The summed E-state index contributed by atoms with van der Waals surface area (Å²) in [5.74, 6) is -2.97. The monoisotopic (exact) mass is 297 g/mol. The average Bonchev–Trinajstić information content (AvgIpc) is 2.45. The molecule has 0 aromatic heterocycles. The molecule has 0 aliphatic carbocycles. The third-order valence-electron chi connectivity index (χ3n) is 3.16. The standard InChI is InChI=1S/C16H15F4N/c1-2-8-21-16(11-9-10(17)6-7-12(11)18)15-13(19)4-3-5-14(15)20/h3-7,9,16,21H,2,8H2,1H3. The second-order valence-corrected chi connectivity index (χ2v) is 4.69. The van der Waals surface area contributed by atoms with Crippen molar-refractivity contribution in [1.29, 1.82) is 0 Å². The van der Waals surface area contributed by atoms with Crippen LogP contribution in [0.1, 0.15) is 30.5 Å². The Morgan fingerprint density at radius 2 is 1.62 bits per heavy atom. The van der Waals surface area contributed by atoms with Crippen LogP contribution in [-0.4, -0.2) is 6.54 Å². The van der Waals surface area contributed by atoms with Gasteiger partial charge in [-0.25, -0.2) is 17.6 Å².